The number of unbranched alkanes of at least 4 members (excludes halogenated alkanes) is 1. The number of aromatic nitrogens is 2. The standard InChI is InChI=1S/C23H29N3O2/c1-4-22(27)24-18(3)23-25-20-9-5-6-10-21(20)26(23)15-7-8-16-28-19-13-11-17(2)12-14-19/h5-6,9-14,18H,4,7-8,15-16H2,1-3H3,(H,24,27). The molecule has 1 aromatic heterocycles. The predicted molar refractivity (Wildman–Crippen MR) is 112 cm³/mol. The molecule has 5 nitrogen and oxygen atoms in total. The van der Waals surface area contributed by atoms with Gasteiger partial charge in [0.25, 0.3) is 0 Å². The normalized spacial score (nSPS) is 12.1. The number of hydrogen-bond acceptors (Lipinski definition) is 3. The topological polar surface area (TPSA) is 56.2 Å². The maximum atomic E-state index is 11.8. The van der Waals surface area contributed by atoms with Crippen molar-refractivity contribution in [2.75, 3.05) is 6.61 Å². The van der Waals surface area contributed by atoms with Gasteiger partial charge in [-0.05, 0) is 51.0 Å². The summed E-state index contributed by atoms with van der Waals surface area (Å²) in [5.41, 5.74) is 3.30. The highest BCUT2D eigenvalue weighted by molar-refractivity contribution is 5.77. The summed E-state index contributed by atoms with van der Waals surface area (Å²) in [5, 5.41) is 3.03. The van der Waals surface area contributed by atoms with Gasteiger partial charge in [-0.1, -0.05) is 36.8 Å². The molecule has 2 aromatic carbocycles. The van der Waals surface area contributed by atoms with Crippen molar-refractivity contribution in [3.05, 3.63) is 59.9 Å². The van der Waals surface area contributed by atoms with Gasteiger partial charge in [-0.25, -0.2) is 4.98 Å². The monoisotopic (exact) mass is 379 g/mol. The van der Waals surface area contributed by atoms with Crippen LogP contribution in [-0.2, 0) is 11.3 Å². The third-order valence-corrected chi connectivity index (χ3v) is 4.84. The molecule has 1 heterocycles. The van der Waals surface area contributed by atoms with Crippen molar-refractivity contribution >= 4 is 16.9 Å². The van der Waals surface area contributed by atoms with Gasteiger partial charge in [-0.3, -0.25) is 4.79 Å². The van der Waals surface area contributed by atoms with Crippen molar-refractivity contribution in [3.8, 4) is 5.75 Å². The second-order valence-electron chi connectivity index (χ2n) is 7.12. The van der Waals surface area contributed by atoms with Crippen LogP contribution in [0.15, 0.2) is 48.5 Å². The van der Waals surface area contributed by atoms with Crippen molar-refractivity contribution in [1.82, 2.24) is 14.9 Å². The number of para-hydroxylation sites is 2. The van der Waals surface area contributed by atoms with E-state index < -0.39 is 0 Å². The SMILES string of the molecule is CCC(=O)NC(C)c1nc2ccccc2n1CCCCOc1ccc(C)cc1. The Morgan fingerprint density at radius 1 is 1.14 bits per heavy atom. The number of fused-ring (bicyclic) bond motifs is 1. The van der Waals surface area contributed by atoms with Gasteiger partial charge in [-0.2, -0.15) is 0 Å². The van der Waals surface area contributed by atoms with E-state index in [4.69, 9.17) is 9.72 Å². The fraction of sp³-hybridized carbons (Fsp3) is 0.391. The Hall–Kier alpha value is -2.82. The Bertz CT molecular complexity index is 915. The first-order valence-corrected chi connectivity index (χ1v) is 10.0. The van der Waals surface area contributed by atoms with Crippen LogP contribution in [0.4, 0.5) is 0 Å². The number of benzene rings is 2. The molecule has 1 amide bonds. The highest BCUT2D eigenvalue weighted by atomic mass is 16.5. The molecule has 1 atom stereocenters. The summed E-state index contributed by atoms with van der Waals surface area (Å²) < 4.78 is 8.05. The van der Waals surface area contributed by atoms with Gasteiger partial charge in [0.2, 0.25) is 5.91 Å². The van der Waals surface area contributed by atoms with Crippen LogP contribution in [0.2, 0.25) is 0 Å². The number of nitrogens with zero attached hydrogens (tertiary/aromatic N) is 2. The Kier molecular flexibility index (Phi) is 6.69. The quantitative estimate of drug-likeness (QED) is 0.544. The summed E-state index contributed by atoms with van der Waals surface area (Å²) in [7, 11) is 0. The molecule has 3 rings (SSSR count). The van der Waals surface area contributed by atoms with E-state index in [1.54, 1.807) is 0 Å². The molecule has 1 unspecified atom stereocenters. The summed E-state index contributed by atoms with van der Waals surface area (Å²) in [6.45, 7) is 7.46. The number of rotatable bonds is 9. The largest absolute Gasteiger partial charge is 0.494 e. The molecule has 0 aliphatic carbocycles. The predicted octanol–water partition coefficient (Wildman–Crippen LogP) is 4.79. The summed E-state index contributed by atoms with van der Waals surface area (Å²) >= 11 is 0. The summed E-state index contributed by atoms with van der Waals surface area (Å²) in [6.07, 6.45) is 2.41. The Morgan fingerprint density at radius 2 is 1.89 bits per heavy atom. The molecule has 0 spiro atoms. The number of hydrogen-bond donors (Lipinski definition) is 1. The van der Waals surface area contributed by atoms with E-state index >= 15 is 0 Å². The highest BCUT2D eigenvalue weighted by Crippen LogP contribution is 2.22. The first-order chi connectivity index (χ1) is 13.6. The first kappa shape index (κ1) is 19.9. The van der Waals surface area contributed by atoms with Crippen LogP contribution in [-0.4, -0.2) is 22.1 Å². The number of carbonyl (C=O) groups excluding carboxylic acids is 1. The fourth-order valence-electron chi connectivity index (χ4n) is 3.26. The summed E-state index contributed by atoms with van der Waals surface area (Å²) in [4.78, 5) is 16.6. The molecule has 3 aromatic rings. The summed E-state index contributed by atoms with van der Waals surface area (Å²) in [6, 6.07) is 16.1. The molecule has 148 valence electrons. The van der Waals surface area contributed by atoms with Gasteiger partial charge in [-0.15, -0.1) is 0 Å². The molecule has 0 saturated carbocycles. The van der Waals surface area contributed by atoms with Crippen LogP contribution in [0.25, 0.3) is 11.0 Å². The number of amides is 1. The van der Waals surface area contributed by atoms with Crippen LogP contribution < -0.4 is 10.1 Å². The molecule has 28 heavy (non-hydrogen) atoms. The average Bonchev–Trinajstić information content (AvgIpc) is 3.08. The molecular formula is C23H29N3O2. The Labute approximate surface area is 166 Å². The number of nitrogens with one attached hydrogen (secondary N) is 1. The number of carbonyl (C=O) groups is 1. The van der Waals surface area contributed by atoms with Crippen molar-refractivity contribution in [2.45, 2.75) is 52.6 Å². The van der Waals surface area contributed by atoms with E-state index in [2.05, 4.69) is 35.0 Å². The van der Waals surface area contributed by atoms with E-state index in [9.17, 15) is 4.79 Å². The third kappa shape index (κ3) is 4.91. The molecule has 1 N–H and O–H groups in total. The van der Waals surface area contributed by atoms with E-state index in [1.807, 2.05) is 44.2 Å². The van der Waals surface area contributed by atoms with Gasteiger partial charge in [0.15, 0.2) is 0 Å². The third-order valence-electron chi connectivity index (χ3n) is 4.84. The van der Waals surface area contributed by atoms with E-state index in [0.29, 0.717) is 13.0 Å². The van der Waals surface area contributed by atoms with E-state index in [0.717, 1.165) is 42.0 Å². The minimum atomic E-state index is -0.122. The zero-order valence-electron chi connectivity index (χ0n) is 16.9. The minimum Gasteiger partial charge on any atom is -0.494 e. The number of aryl methyl sites for hydroxylation is 2. The molecule has 0 radical (unpaired) electrons. The van der Waals surface area contributed by atoms with Crippen molar-refractivity contribution in [3.63, 3.8) is 0 Å². The molecular weight excluding hydrogens is 350 g/mol. The highest BCUT2D eigenvalue weighted by Gasteiger charge is 2.17. The Balaban J connectivity index is 1.63. The minimum absolute atomic E-state index is 0.0394. The molecule has 0 bridgehead atoms. The number of ether oxygens (including phenoxy) is 1. The van der Waals surface area contributed by atoms with Gasteiger partial charge in [0.05, 0.1) is 23.7 Å². The lowest BCUT2D eigenvalue weighted by molar-refractivity contribution is -0.121. The van der Waals surface area contributed by atoms with E-state index in [1.165, 1.54) is 5.56 Å². The lowest BCUT2D eigenvalue weighted by Gasteiger charge is -2.16. The molecule has 0 saturated heterocycles. The zero-order valence-corrected chi connectivity index (χ0v) is 16.9. The number of imidazole rings is 1. The average molecular weight is 380 g/mol. The van der Waals surface area contributed by atoms with Crippen LogP contribution in [0.5, 0.6) is 5.75 Å². The second-order valence-corrected chi connectivity index (χ2v) is 7.12. The van der Waals surface area contributed by atoms with Gasteiger partial charge in [0.1, 0.15) is 11.6 Å². The van der Waals surface area contributed by atoms with Gasteiger partial charge >= 0.3 is 0 Å². The van der Waals surface area contributed by atoms with Crippen LogP contribution in [0.3, 0.4) is 0 Å². The molecule has 0 fully saturated rings. The second kappa shape index (κ2) is 9.40. The lowest BCUT2D eigenvalue weighted by atomic mass is 10.2. The zero-order chi connectivity index (χ0) is 19.9. The molecule has 5 heteroatoms. The van der Waals surface area contributed by atoms with Gasteiger partial charge in [0, 0.05) is 13.0 Å². The van der Waals surface area contributed by atoms with Crippen molar-refractivity contribution < 1.29 is 9.53 Å². The van der Waals surface area contributed by atoms with Crippen molar-refractivity contribution in [2.24, 2.45) is 0 Å². The maximum absolute atomic E-state index is 11.8. The van der Waals surface area contributed by atoms with E-state index in [-0.39, 0.29) is 11.9 Å². The lowest BCUT2D eigenvalue weighted by Crippen LogP contribution is -2.28. The van der Waals surface area contributed by atoms with Crippen molar-refractivity contribution in [1.29, 1.82) is 0 Å². The van der Waals surface area contributed by atoms with Crippen LogP contribution >= 0.6 is 0 Å². The molecule has 0 aliphatic heterocycles. The fourth-order valence-corrected chi connectivity index (χ4v) is 3.26. The maximum Gasteiger partial charge on any atom is 0.220 e. The van der Waals surface area contributed by atoms with Crippen LogP contribution in [0, 0.1) is 6.92 Å². The molecule has 0 aliphatic rings. The van der Waals surface area contributed by atoms with Gasteiger partial charge < -0.3 is 14.6 Å². The van der Waals surface area contributed by atoms with Crippen LogP contribution in [0.1, 0.15) is 50.5 Å². The smallest absolute Gasteiger partial charge is 0.220 e. The first-order valence-electron chi connectivity index (χ1n) is 10.0. The Morgan fingerprint density at radius 3 is 2.64 bits per heavy atom. The summed E-state index contributed by atoms with van der Waals surface area (Å²) in [5.74, 6) is 1.86.